The van der Waals surface area contributed by atoms with Crippen molar-refractivity contribution in [1.29, 1.82) is 0 Å². The molecular formula is C16H14O3. The minimum atomic E-state index is 0.305. The maximum absolute atomic E-state index is 5.58. The SMILES string of the molecule is C(=Cc1ccc2c(c1)OCO2)COc1ccccc1. The van der Waals surface area contributed by atoms with Crippen LogP contribution in [0, 0.1) is 0 Å². The number of fused-ring (bicyclic) bond motifs is 1. The molecule has 3 nitrogen and oxygen atoms in total. The molecule has 0 N–H and O–H groups in total. The van der Waals surface area contributed by atoms with Gasteiger partial charge in [-0.3, -0.25) is 0 Å². The van der Waals surface area contributed by atoms with Gasteiger partial charge in [0, 0.05) is 0 Å². The molecule has 0 radical (unpaired) electrons. The molecule has 0 bridgehead atoms. The Morgan fingerprint density at radius 2 is 1.84 bits per heavy atom. The zero-order chi connectivity index (χ0) is 12.9. The fourth-order valence-corrected chi connectivity index (χ4v) is 1.86. The fourth-order valence-electron chi connectivity index (χ4n) is 1.86. The van der Waals surface area contributed by atoms with Crippen molar-refractivity contribution in [3.05, 3.63) is 60.2 Å². The van der Waals surface area contributed by atoms with E-state index in [2.05, 4.69) is 0 Å². The average Bonchev–Trinajstić information content (AvgIpc) is 2.92. The number of hydrogen-bond acceptors (Lipinski definition) is 3. The first-order valence-electron chi connectivity index (χ1n) is 6.16. The van der Waals surface area contributed by atoms with Gasteiger partial charge in [-0.2, -0.15) is 0 Å². The van der Waals surface area contributed by atoms with Crippen LogP contribution in [-0.2, 0) is 0 Å². The van der Waals surface area contributed by atoms with Gasteiger partial charge in [0.2, 0.25) is 6.79 Å². The highest BCUT2D eigenvalue weighted by molar-refractivity contribution is 5.56. The summed E-state index contributed by atoms with van der Waals surface area (Å²) in [5, 5.41) is 0. The van der Waals surface area contributed by atoms with Crippen LogP contribution in [0.5, 0.6) is 17.2 Å². The predicted octanol–water partition coefficient (Wildman–Crippen LogP) is 3.51. The lowest BCUT2D eigenvalue weighted by Crippen LogP contribution is -1.93. The van der Waals surface area contributed by atoms with Crippen LogP contribution in [-0.4, -0.2) is 13.4 Å². The maximum Gasteiger partial charge on any atom is 0.231 e. The predicted molar refractivity (Wildman–Crippen MR) is 73.5 cm³/mol. The van der Waals surface area contributed by atoms with Gasteiger partial charge in [0.15, 0.2) is 11.5 Å². The molecule has 0 saturated heterocycles. The van der Waals surface area contributed by atoms with Crippen LogP contribution in [0.25, 0.3) is 6.08 Å². The Morgan fingerprint density at radius 3 is 2.74 bits per heavy atom. The third kappa shape index (κ3) is 2.88. The second kappa shape index (κ2) is 5.48. The second-order valence-corrected chi connectivity index (χ2v) is 4.14. The van der Waals surface area contributed by atoms with E-state index >= 15 is 0 Å². The van der Waals surface area contributed by atoms with E-state index in [-0.39, 0.29) is 0 Å². The summed E-state index contributed by atoms with van der Waals surface area (Å²) in [5.74, 6) is 2.47. The molecule has 1 heterocycles. The number of benzene rings is 2. The van der Waals surface area contributed by atoms with Crippen LogP contribution < -0.4 is 14.2 Å². The summed E-state index contributed by atoms with van der Waals surface area (Å²) in [6.45, 7) is 0.845. The molecule has 0 amide bonds. The van der Waals surface area contributed by atoms with E-state index in [9.17, 15) is 0 Å². The number of rotatable bonds is 4. The molecule has 1 aliphatic rings. The number of para-hydroxylation sites is 1. The summed E-state index contributed by atoms with van der Waals surface area (Å²) in [6.07, 6.45) is 3.98. The summed E-state index contributed by atoms with van der Waals surface area (Å²) in [4.78, 5) is 0. The topological polar surface area (TPSA) is 27.7 Å². The fraction of sp³-hybridized carbons (Fsp3) is 0.125. The minimum absolute atomic E-state index is 0.305. The van der Waals surface area contributed by atoms with Gasteiger partial charge in [-0.25, -0.2) is 0 Å². The van der Waals surface area contributed by atoms with Crippen LogP contribution in [0.15, 0.2) is 54.6 Å². The first-order valence-corrected chi connectivity index (χ1v) is 6.16. The molecule has 0 aliphatic carbocycles. The van der Waals surface area contributed by atoms with Crippen molar-refractivity contribution >= 4 is 6.08 Å². The molecule has 0 spiro atoms. The Balaban J connectivity index is 1.58. The standard InChI is InChI=1S/C16H14O3/c1-2-6-14(7-3-1)17-10-4-5-13-8-9-15-16(11-13)19-12-18-15/h1-9,11H,10,12H2. The van der Waals surface area contributed by atoms with Crippen molar-refractivity contribution in [2.75, 3.05) is 13.4 Å². The van der Waals surface area contributed by atoms with Gasteiger partial charge >= 0.3 is 0 Å². The molecule has 3 rings (SSSR count). The summed E-state index contributed by atoms with van der Waals surface area (Å²) in [5.41, 5.74) is 1.07. The van der Waals surface area contributed by atoms with Crippen molar-refractivity contribution in [3.63, 3.8) is 0 Å². The largest absolute Gasteiger partial charge is 0.490 e. The Labute approximate surface area is 112 Å². The summed E-state index contributed by atoms with van der Waals surface area (Å²) in [7, 11) is 0. The third-order valence-electron chi connectivity index (χ3n) is 2.80. The molecule has 0 unspecified atom stereocenters. The van der Waals surface area contributed by atoms with Gasteiger partial charge in [0.1, 0.15) is 12.4 Å². The van der Waals surface area contributed by atoms with Crippen molar-refractivity contribution < 1.29 is 14.2 Å². The highest BCUT2D eigenvalue weighted by Crippen LogP contribution is 2.32. The smallest absolute Gasteiger partial charge is 0.231 e. The molecule has 96 valence electrons. The zero-order valence-corrected chi connectivity index (χ0v) is 10.4. The monoisotopic (exact) mass is 254 g/mol. The van der Waals surface area contributed by atoms with Gasteiger partial charge in [-0.1, -0.05) is 30.3 Å². The lowest BCUT2D eigenvalue weighted by molar-refractivity contribution is 0.174. The van der Waals surface area contributed by atoms with Crippen LogP contribution in [0.1, 0.15) is 5.56 Å². The van der Waals surface area contributed by atoms with Gasteiger partial charge < -0.3 is 14.2 Å². The summed E-state index contributed by atoms with van der Waals surface area (Å²) >= 11 is 0. The van der Waals surface area contributed by atoms with E-state index in [4.69, 9.17) is 14.2 Å². The Morgan fingerprint density at radius 1 is 1.00 bits per heavy atom. The first kappa shape index (κ1) is 11.7. The van der Waals surface area contributed by atoms with Crippen LogP contribution in [0.4, 0.5) is 0 Å². The summed E-state index contributed by atoms with van der Waals surface area (Å²) < 4.78 is 16.2. The molecule has 19 heavy (non-hydrogen) atoms. The van der Waals surface area contributed by atoms with E-state index in [0.717, 1.165) is 22.8 Å². The maximum atomic E-state index is 5.58. The van der Waals surface area contributed by atoms with Crippen molar-refractivity contribution in [1.82, 2.24) is 0 Å². The molecule has 0 saturated carbocycles. The molecule has 1 aliphatic heterocycles. The molecule has 2 aromatic rings. The molecule has 0 atom stereocenters. The second-order valence-electron chi connectivity index (χ2n) is 4.14. The van der Waals surface area contributed by atoms with Crippen molar-refractivity contribution in [3.8, 4) is 17.2 Å². The van der Waals surface area contributed by atoms with E-state index < -0.39 is 0 Å². The van der Waals surface area contributed by atoms with Gasteiger partial charge in [-0.05, 0) is 35.9 Å². The number of ether oxygens (including phenoxy) is 3. The van der Waals surface area contributed by atoms with E-state index in [1.54, 1.807) is 0 Å². The molecular weight excluding hydrogens is 240 g/mol. The summed E-state index contributed by atoms with van der Waals surface area (Å²) in [6, 6.07) is 15.6. The van der Waals surface area contributed by atoms with Crippen molar-refractivity contribution in [2.24, 2.45) is 0 Å². The highest BCUT2D eigenvalue weighted by Gasteiger charge is 2.11. The highest BCUT2D eigenvalue weighted by atomic mass is 16.7. The van der Waals surface area contributed by atoms with Crippen molar-refractivity contribution in [2.45, 2.75) is 0 Å². The van der Waals surface area contributed by atoms with Gasteiger partial charge in [0.25, 0.3) is 0 Å². The van der Waals surface area contributed by atoms with Crippen LogP contribution >= 0.6 is 0 Å². The number of hydrogen-bond donors (Lipinski definition) is 0. The normalized spacial score (nSPS) is 12.8. The van der Waals surface area contributed by atoms with E-state index in [1.807, 2.05) is 60.7 Å². The molecule has 0 aromatic heterocycles. The third-order valence-corrected chi connectivity index (χ3v) is 2.80. The Bertz CT molecular complexity index is 576. The molecule has 3 heteroatoms. The molecule has 0 fully saturated rings. The lowest BCUT2D eigenvalue weighted by Gasteiger charge is -2.02. The van der Waals surface area contributed by atoms with Gasteiger partial charge in [0.05, 0.1) is 0 Å². The van der Waals surface area contributed by atoms with Crippen LogP contribution in [0.2, 0.25) is 0 Å². The lowest BCUT2D eigenvalue weighted by atomic mass is 10.2. The van der Waals surface area contributed by atoms with Gasteiger partial charge in [-0.15, -0.1) is 0 Å². The minimum Gasteiger partial charge on any atom is -0.490 e. The quantitative estimate of drug-likeness (QED) is 0.835. The van der Waals surface area contributed by atoms with E-state index in [1.165, 1.54) is 0 Å². The first-order chi connectivity index (χ1) is 9.42. The Hall–Kier alpha value is -2.42. The van der Waals surface area contributed by atoms with E-state index in [0.29, 0.717) is 13.4 Å². The zero-order valence-electron chi connectivity index (χ0n) is 10.4. The average molecular weight is 254 g/mol. The molecule has 2 aromatic carbocycles. The Kier molecular flexibility index (Phi) is 3.36. The van der Waals surface area contributed by atoms with Crippen LogP contribution in [0.3, 0.4) is 0 Å².